The van der Waals surface area contributed by atoms with Crippen molar-refractivity contribution in [2.24, 2.45) is 0 Å². The van der Waals surface area contributed by atoms with Gasteiger partial charge in [0.15, 0.2) is 0 Å². The SMILES string of the molecule is Cc1ccc(N(CCCC(=O)N(Cc2ccc(Cl)cc2Cl)[C@H](C)C(=O)NC2CCCC2)S(C)(=O)=O)cc1C. The van der Waals surface area contributed by atoms with Crippen LogP contribution in [0.1, 0.15) is 62.1 Å². The van der Waals surface area contributed by atoms with Gasteiger partial charge in [0, 0.05) is 35.6 Å². The molecule has 0 aliphatic heterocycles. The average molecular weight is 583 g/mol. The van der Waals surface area contributed by atoms with E-state index >= 15 is 0 Å². The Morgan fingerprint density at radius 1 is 1.05 bits per heavy atom. The zero-order chi connectivity index (χ0) is 28.0. The Morgan fingerprint density at radius 3 is 2.34 bits per heavy atom. The number of aryl methyl sites for hydroxylation is 2. The highest BCUT2D eigenvalue weighted by molar-refractivity contribution is 7.92. The molecule has 2 aromatic rings. The topological polar surface area (TPSA) is 86.8 Å². The molecule has 0 bridgehead atoms. The molecule has 1 aliphatic carbocycles. The Bertz CT molecular complexity index is 1260. The van der Waals surface area contributed by atoms with Gasteiger partial charge in [-0.15, -0.1) is 0 Å². The van der Waals surface area contributed by atoms with E-state index in [9.17, 15) is 18.0 Å². The van der Waals surface area contributed by atoms with Gasteiger partial charge < -0.3 is 10.2 Å². The van der Waals surface area contributed by atoms with Gasteiger partial charge in [0.05, 0.1) is 11.9 Å². The van der Waals surface area contributed by atoms with E-state index in [0.29, 0.717) is 27.7 Å². The van der Waals surface area contributed by atoms with Crippen molar-refractivity contribution in [2.45, 2.75) is 77.9 Å². The standard InChI is InChI=1S/C28H37Cl2N3O4S/c1-19-11-14-25(16-20(19)2)33(38(4,36)37)15-7-10-27(34)32(18-22-12-13-23(29)17-26(22)30)21(3)28(35)31-24-8-5-6-9-24/h11-14,16-17,21,24H,5-10,15,18H2,1-4H3,(H,31,35)/t21-/m1/s1. The summed E-state index contributed by atoms with van der Waals surface area (Å²) in [4.78, 5) is 28.1. The number of anilines is 1. The summed E-state index contributed by atoms with van der Waals surface area (Å²) in [7, 11) is -3.55. The molecule has 0 heterocycles. The molecular formula is C28H37Cl2N3O4S. The smallest absolute Gasteiger partial charge is 0.242 e. The molecule has 2 aromatic carbocycles. The van der Waals surface area contributed by atoms with E-state index in [4.69, 9.17) is 23.2 Å². The number of halogens is 2. The second kappa shape index (κ2) is 13.2. The number of hydrogen-bond acceptors (Lipinski definition) is 4. The van der Waals surface area contributed by atoms with Crippen LogP contribution in [0.3, 0.4) is 0 Å². The van der Waals surface area contributed by atoms with E-state index in [1.807, 2.05) is 26.0 Å². The number of carbonyl (C=O) groups excluding carboxylic acids is 2. The first-order valence-electron chi connectivity index (χ1n) is 13.0. The zero-order valence-electron chi connectivity index (χ0n) is 22.5. The molecule has 38 heavy (non-hydrogen) atoms. The van der Waals surface area contributed by atoms with E-state index in [2.05, 4.69) is 5.32 Å². The molecule has 1 atom stereocenters. The van der Waals surface area contributed by atoms with Gasteiger partial charge in [-0.2, -0.15) is 0 Å². The van der Waals surface area contributed by atoms with Crippen molar-refractivity contribution in [3.05, 3.63) is 63.1 Å². The molecule has 1 fully saturated rings. The summed E-state index contributed by atoms with van der Waals surface area (Å²) in [5, 5.41) is 3.97. The lowest BCUT2D eigenvalue weighted by molar-refractivity contribution is -0.140. The highest BCUT2D eigenvalue weighted by atomic mass is 35.5. The molecule has 0 unspecified atom stereocenters. The molecular weight excluding hydrogens is 545 g/mol. The van der Waals surface area contributed by atoms with Crippen molar-refractivity contribution < 1.29 is 18.0 Å². The van der Waals surface area contributed by atoms with Crippen LogP contribution in [0.4, 0.5) is 5.69 Å². The first-order valence-corrected chi connectivity index (χ1v) is 15.6. The number of amides is 2. The average Bonchev–Trinajstić information content (AvgIpc) is 3.35. The Hall–Kier alpha value is -2.29. The lowest BCUT2D eigenvalue weighted by Crippen LogP contribution is -2.49. The first kappa shape index (κ1) is 30.3. The van der Waals surface area contributed by atoms with Crippen LogP contribution in [0.5, 0.6) is 0 Å². The van der Waals surface area contributed by atoms with Gasteiger partial charge in [-0.05, 0) is 81.0 Å². The number of nitrogens with one attached hydrogen (secondary N) is 1. The maximum Gasteiger partial charge on any atom is 0.242 e. The molecule has 0 radical (unpaired) electrons. The summed E-state index contributed by atoms with van der Waals surface area (Å²) in [5.74, 6) is -0.457. The maximum atomic E-state index is 13.5. The van der Waals surface area contributed by atoms with Crippen molar-refractivity contribution in [1.29, 1.82) is 0 Å². The second-order valence-electron chi connectivity index (χ2n) is 10.1. The molecule has 0 aromatic heterocycles. The predicted molar refractivity (Wildman–Crippen MR) is 154 cm³/mol. The normalized spacial score (nSPS) is 14.8. The minimum Gasteiger partial charge on any atom is -0.352 e. The molecule has 0 spiro atoms. The van der Waals surface area contributed by atoms with Gasteiger partial charge in [0.1, 0.15) is 6.04 Å². The van der Waals surface area contributed by atoms with Crippen LogP contribution in [-0.2, 0) is 26.2 Å². The van der Waals surface area contributed by atoms with Gasteiger partial charge in [0.25, 0.3) is 0 Å². The third-order valence-corrected chi connectivity index (χ3v) is 8.94. The summed E-state index contributed by atoms with van der Waals surface area (Å²) in [6, 6.07) is 9.95. The molecule has 1 N–H and O–H groups in total. The Balaban J connectivity index is 1.75. The van der Waals surface area contributed by atoms with E-state index in [1.165, 1.54) is 9.21 Å². The van der Waals surface area contributed by atoms with Crippen LogP contribution in [-0.4, -0.2) is 50.0 Å². The van der Waals surface area contributed by atoms with Crippen molar-refractivity contribution in [3.8, 4) is 0 Å². The van der Waals surface area contributed by atoms with Crippen LogP contribution in [0, 0.1) is 13.8 Å². The third kappa shape index (κ3) is 8.10. The van der Waals surface area contributed by atoms with Crippen LogP contribution >= 0.6 is 23.2 Å². The van der Waals surface area contributed by atoms with Gasteiger partial charge in [-0.25, -0.2) is 8.42 Å². The fraction of sp³-hybridized carbons (Fsp3) is 0.500. The molecule has 7 nitrogen and oxygen atoms in total. The fourth-order valence-electron chi connectivity index (χ4n) is 4.69. The lowest BCUT2D eigenvalue weighted by atomic mass is 10.1. The highest BCUT2D eigenvalue weighted by Gasteiger charge is 2.29. The number of benzene rings is 2. The van der Waals surface area contributed by atoms with Crippen LogP contribution in [0.15, 0.2) is 36.4 Å². The highest BCUT2D eigenvalue weighted by Crippen LogP contribution is 2.25. The fourth-order valence-corrected chi connectivity index (χ4v) is 6.12. The Morgan fingerprint density at radius 2 is 1.74 bits per heavy atom. The van der Waals surface area contributed by atoms with Gasteiger partial charge in [0.2, 0.25) is 21.8 Å². The van der Waals surface area contributed by atoms with E-state index < -0.39 is 16.1 Å². The summed E-state index contributed by atoms with van der Waals surface area (Å²) >= 11 is 12.4. The molecule has 1 aliphatic rings. The quantitative estimate of drug-likeness (QED) is 0.372. The third-order valence-electron chi connectivity index (χ3n) is 7.16. The van der Waals surface area contributed by atoms with Gasteiger partial charge in [-0.1, -0.05) is 48.2 Å². The zero-order valence-corrected chi connectivity index (χ0v) is 24.8. The van der Waals surface area contributed by atoms with Crippen LogP contribution in [0.2, 0.25) is 10.0 Å². The van der Waals surface area contributed by atoms with Crippen LogP contribution in [0.25, 0.3) is 0 Å². The number of sulfonamides is 1. The minimum atomic E-state index is -3.55. The predicted octanol–water partition coefficient (Wildman–Crippen LogP) is 5.63. The number of rotatable bonds is 11. The Kier molecular flexibility index (Phi) is 10.5. The number of hydrogen-bond donors (Lipinski definition) is 1. The summed E-state index contributed by atoms with van der Waals surface area (Å²) in [6.45, 7) is 5.89. The number of carbonyl (C=O) groups is 2. The molecule has 208 valence electrons. The van der Waals surface area contributed by atoms with Crippen molar-refractivity contribution >= 4 is 50.7 Å². The van der Waals surface area contributed by atoms with Crippen molar-refractivity contribution in [3.63, 3.8) is 0 Å². The summed E-state index contributed by atoms with van der Waals surface area (Å²) in [5.41, 5.74) is 3.30. The maximum absolute atomic E-state index is 13.5. The number of nitrogens with zero attached hydrogens (tertiary/aromatic N) is 2. The lowest BCUT2D eigenvalue weighted by Gasteiger charge is -2.30. The van der Waals surface area contributed by atoms with Gasteiger partial charge >= 0.3 is 0 Å². The molecule has 3 rings (SSSR count). The molecule has 10 heteroatoms. The van der Waals surface area contributed by atoms with Crippen molar-refractivity contribution in [2.75, 3.05) is 17.1 Å². The summed E-state index contributed by atoms with van der Waals surface area (Å²) in [6.07, 6.45) is 5.57. The Labute approximate surface area is 236 Å². The molecule has 1 saturated carbocycles. The van der Waals surface area contributed by atoms with Gasteiger partial charge in [-0.3, -0.25) is 13.9 Å². The van der Waals surface area contributed by atoms with Crippen molar-refractivity contribution in [1.82, 2.24) is 10.2 Å². The first-order chi connectivity index (χ1) is 17.9. The second-order valence-corrected chi connectivity index (χ2v) is 12.9. The molecule has 2 amide bonds. The van der Waals surface area contributed by atoms with Crippen LogP contribution < -0.4 is 9.62 Å². The van der Waals surface area contributed by atoms with E-state index in [-0.39, 0.29) is 37.4 Å². The monoisotopic (exact) mass is 581 g/mol. The largest absolute Gasteiger partial charge is 0.352 e. The minimum absolute atomic E-state index is 0.0725. The summed E-state index contributed by atoms with van der Waals surface area (Å²) < 4.78 is 26.4. The van der Waals surface area contributed by atoms with E-state index in [0.717, 1.165) is 43.1 Å². The molecule has 0 saturated heterocycles. The van der Waals surface area contributed by atoms with E-state index in [1.54, 1.807) is 31.2 Å².